The number of hydrogen-bond donors (Lipinski definition) is 1. The lowest BCUT2D eigenvalue weighted by Gasteiger charge is -2.12. The Morgan fingerprint density at radius 1 is 1.21 bits per heavy atom. The molecule has 2 heterocycles. The summed E-state index contributed by atoms with van der Waals surface area (Å²) in [5.41, 5.74) is 0.952. The number of nitrogens with zero attached hydrogens (tertiary/aromatic N) is 1. The predicted octanol–water partition coefficient (Wildman–Crippen LogP) is 3.45. The zero-order valence-electron chi connectivity index (χ0n) is 13.1. The molecular formula is C18H15NO5. The van der Waals surface area contributed by atoms with Crippen LogP contribution in [-0.2, 0) is 0 Å². The molecule has 0 saturated heterocycles. The van der Waals surface area contributed by atoms with E-state index in [2.05, 4.69) is 4.98 Å². The van der Waals surface area contributed by atoms with Crippen molar-refractivity contribution in [3.63, 3.8) is 0 Å². The molecular weight excluding hydrogens is 310 g/mol. The van der Waals surface area contributed by atoms with Gasteiger partial charge < -0.3 is 19.0 Å². The highest BCUT2D eigenvalue weighted by Gasteiger charge is 2.26. The second kappa shape index (κ2) is 6.45. The lowest BCUT2D eigenvalue weighted by atomic mass is 10.0. The van der Waals surface area contributed by atoms with Crippen molar-refractivity contribution >= 4 is 22.8 Å². The van der Waals surface area contributed by atoms with E-state index in [9.17, 15) is 9.90 Å². The van der Waals surface area contributed by atoms with Crippen molar-refractivity contribution in [3.8, 4) is 17.2 Å². The van der Waals surface area contributed by atoms with Gasteiger partial charge in [0, 0.05) is 6.20 Å². The molecule has 0 fully saturated rings. The van der Waals surface area contributed by atoms with E-state index in [1.807, 2.05) is 6.07 Å². The van der Waals surface area contributed by atoms with E-state index >= 15 is 0 Å². The number of methoxy groups -OCH3 is 2. The van der Waals surface area contributed by atoms with Gasteiger partial charge in [-0.05, 0) is 30.4 Å². The maximum Gasteiger partial charge on any atom is 0.205 e. The minimum absolute atomic E-state index is 0.00966. The summed E-state index contributed by atoms with van der Waals surface area (Å²) in [5.74, 6) is -0.443. The van der Waals surface area contributed by atoms with Gasteiger partial charge in [-0.2, -0.15) is 0 Å². The van der Waals surface area contributed by atoms with E-state index < -0.39 is 5.78 Å². The van der Waals surface area contributed by atoms with Crippen molar-refractivity contribution in [2.24, 2.45) is 0 Å². The number of fused-ring (bicyclic) bond motifs is 1. The molecule has 0 atom stereocenters. The zero-order chi connectivity index (χ0) is 17.1. The van der Waals surface area contributed by atoms with E-state index in [1.165, 1.54) is 26.6 Å². The quantitative estimate of drug-likeness (QED) is 0.571. The van der Waals surface area contributed by atoms with Crippen LogP contribution in [0.25, 0.3) is 17.0 Å². The fraction of sp³-hybridized carbons (Fsp3) is 0.111. The average Bonchev–Trinajstić information content (AvgIpc) is 3.08. The number of ketones is 1. The van der Waals surface area contributed by atoms with Gasteiger partial charge in [-0.15, -0.1) is 0 Å². The van der Waals surface area contributed by atoms with Gasteiger partial charge in [-0.1, -0.05) is 6.07 Å². The van der Waals surface area contributed by atoms with Crippen LogP contribution in [0.2, 0.25) is 0 Å². The minimum atomic E-state index is -0.434. The second-order valence-electron chi connectivity index (χ2n) is 4.91. The summed E-state index contributed by atoms with van der Waals surface area (Å²) in [7, 11) is 2.81. The summed E-state index contributed by atoms with van der Waals surface area (Å²) in [4.78, 5) is 16.7. The number of phenols is 1. The molecule has 0 unspecified atom stereocenters. The van der Waals surface area contributed by atoms with Crippen LogP contribution >= 0.6 is 0 Å². The first kappa shape index (κ1) is 15.6. The van der Waals surface area contributed by atoms with E-state index in [1.54, 1.807) is 30.5 Å². The first-order valence-corrected chi connectivity index (χ1v) is 7.15. The molecule has 3 aromatic rings. The van der Waals surface area contributed by atoms with E-state index in [0.717, 1.165) is 0 Å². The van der Waals surface area contributed by atoms with Crippen LogP contribution in [-0.4, -0.2) is 30.1 Å². The third-order valence-corrected chi connectivity index (χ3v) is 3.54. The van der Waals surface area contributed by atoms with E-state index in [-0.39, 0.29) is 22.8 Å². The van der Waals surface area contributed by atoms with Crippen LogP contribution in [0.4, 0.5) is 0 Å². The van der Waals surface area contributed by atoms with Crippen LogP contribution in [0.5, 0.6) is 17.2 Å². The van der Waals surface area contributed by atoms with Gasteiger partial charge in [0.15, 0.2) is 17.1 Å². The fourth-order valence-corrected chi connectivity index (χ4v) is 2.48. The van der Waals surface area contributed by atoms with Crippen LogP contribution in [0.3, 0.4) is 0 Å². The lowest BCUT2D eigenvalue weighted by Crippen LogP contribution is -2.02. The maximum atomic E-state index is 12.6. The van der Waals surface area contributed by atoms with Crippen LogP contribution < -0.4 is 9.47 Å². The number of phenolic OH excluding ortho intramolecular Hbond substituents is 1. The molecule has 3 rings (SSSR count). The SMILES string of the molecule is COc1c(C(=O)/C=C/c2ccccn2)c(O)c(OC)c2occc12. The van der Waals surface area contributed by atoms with Crippen molar-refractivity contribution in [1.82, 2.24) is 4.98 Å². The summed E-state index contributed by atoms with van der Waals surface area (Å²) in [5, 5.41) is 11.0. The average molecular weight is 325 g/mol. The summed E-state index contributed by atoms with van der Waals surface area (Å²) in [6.45, 7) is 0. The van der Waals surface area contributed by atoms with Crippen molar-refractivity contribution in [2.75, 3.05) is 14.2 Å². The van der Waals surface area contributed by atoms with E-state index in [0.29, 0.717) is 16.7 Å². The number of ether oxygens (including phenoxy) is 2. The van der Waals surface area contributed by atoms with Crippen molar-refractivity contribution < 1.29 is 23.8 Å². The molecule has 0 aliphatic carbocycles. The van der Waals surface area contributed by atoms with Gasteiger partial charge in [0.1, 0.15) is 11.3 Å². The Hall–Kier alpha value is -3.28. The molecule has 0 aliphatic heterocycles. The third kappa shape index (κ3) is 2.58. The normalized spacial score (nSPS) is 11.1. The van der Waals surface area contributed by atoms with Crippen LogP contribution in [0.15, 0.2) is 47.2 Å². The highest BCUT2D eigenvalue weighted by Crippen LogP contribution is 2.45. The van der Waals surface area contributed by atoms with Gasteiger partial charge in [0.2, 0.25) is 5.75 Å². The molecule has 6 heteroatoms. The predicted molar refractivity (Wildman–Crippen MR) is 88.6 cm³/mol. The fourth-order valence-electron chi connectivity index (χ4n) is 2.48. The van der Waals surface area contributed by atoms with E-state index in [4.69, 9.17) is 13.9 Å². The number of benzene rings is 1. The van der Waals surface area contributed by atoms with Crippen LogP contribution in [0, 0.1) is 0 Å². The molecule has 122 valence electrons. The standard InChI is InChI=1S/C18H15NO5/c1-22-16-12-8-10-24-17(12)18(23-2)15(21)14(16)13(20)7-6-11-5-3-4-9-19-11/h3-10,21H,1-2H3/b7-6+. The van der Waals surface area contributed by atoms with Crippen molar-refractivity contribution in [1.29, 1.82) is 0 Å². The monoisotopic (exact) mass is 325 g/mol. The number of pyridine rings is 1. The first-order chi connectivity index (χ1) is 11.7. The Bertz CT molecular complexity index is 912. The zero-order valence-corrected chi connectivity index (χ0v) is 13.1. The number of allylic oxidation sites excluding steroid dienone is 1. The molecule has 0 bridgehead atoms. The Morgan fingerprint density at radius 3 is 2.67 bits per heavy atom. The highest BCUT2D eigenvalue weighted by atomic mass is 16.5. The lowest BCUT2D eigenvalue weighted by molar-refractivity contribution is 0.104. The third-order valence-electron chi connectivity index (χ3n) is 3.54. The summed E-state index contributed by atoms with van der Waals surface area (Å²) < 4.78 is 15.8. The Balaban J connectivity index is 2.12. The van der Waals surface area contributed by atoms with Gasteiger partial charge in [-0.25, -0.2) is 0 Å². The number of rotatable bonds is 5. The van der Waals surface area contributed by atoms with Gasteiger partial charge in [0.05, 0.1) is 31.6 Å². The van der Waals surface area contributed by atoms with Crippen molar-refractivity contribution in [2.45, 2.75) is 0 Å². The summed E-state index contributed by atoms with van der Waals surface area (Å²) >= 11 is 0. The molecule has 0 spiro atoms. The Kier molecular flexibility index (Phi) is 4.20. The number of furan rings is 1. The van der Waals surface area contributed by atoms with Crippen LogP contribution in [0.1, 0.15) is 16.1 Å². The number of aromatic nitrogens is 1. The molecule has 0 amide bonds. The van der Waals surface area contributed by atoms with Gasteiger partial charge in [-0.3, -0.25) is 9.78 Å². The second-order valence-corrected chi connectivity index (χ2v) is 4.91. The number of hydrogen-bond acceptors (Lipinski definition) is 6. The number of carbonyl (C=O) groups excluding carboxylic acids is 1. The highest BCUT2D eigenvalue weighted by molar-refractivity contribution is 6.15. The summed E-state index contributed by atoms with van der Waals surface area (Å²) in [6, 6.07) is 7.01. The molecule has 2 aromatic heterocycles. The molecule has 6 nitrogen and oxygen atoms in total. The molecule has 24 heavy (non-hydrogen) atoms. The van der Waals surface area contributed by atoms with Gasteiger partial charge >= 0.3 is 0 Å². The maximum absolute atomic E-state index is 12.6. The number of aromatic hydroxyl groups is 1. The largest absolute Gasteiger partial charge is 0.504 e. The topological polar surface area (TPSA) is 81.8 Å². The molecule has 1 aromatic carbocycles. The minimum Gasteiger partial charge on any atom is -0.504 e. The molecule has 0 radical (unpaired) electrons. The molecule has 0 aliphatic rings. The Labute approximate surface area is 138 Å². The molecule has 1 N–H and O–H groups in total. The smallest absolute Gasteiger partial charge is 0.205 e. The Morgan fingerprint density at radius 2 is 2.00 bits per heavy atom. The van der Waals surface area contributed by atoms with Gasteiger partial charge in [0.25, 0.3) is 0 Å². The first-order valence-electron chi connectivity index (χ1n) is 7.15. The number of carbonyl (C=O) groups is 1. The summed E-state index contributed by atoms with van der Waals surface area (Å²) in [6.07, 6.45) is 5.95. The molecule has 0 saturated carbocycles. The van der Waals surface area contributed by atoms with Crippen molar-refractivity contribution in [3.05, 3.63) is 54.1 Å².